The Morgan fingerprint density at radius 1 is 1.20 bits per heavy atom. The number of alkyl halides is 4. The molecule has 0 heterocycles. The van der Waals surface area contributed by atoms with Gasteiger partial charge in [-0.05, 0) is 33.6 Å². The second-order valence-electron chi connectivity index (χ2n) is 2.70. The van der Waals surface area contributed by atoms with E-state index in [4.69, 9.17) is 23.2 Å². The van der Waals surface area contributed by atoms with Gasteiger partial charge in [0.2, 0.25) is 0 Å². The van der Waals surface area contributed by atoms with Crippen molar-refractivity contribution in [2.24, 2.45) is 0 Å². The molecule has 0 N–H and O–H groups in total. The number of benzene rings is 1. The van der Waals surface area contributed by atoms with E-state index in [0.29, 0.717) is 4.47 Å². The minimum Gasteiger partial charge on any atom is -0.169 e. The zero-order valence-electron chi connectivity index (χ0n) is 6.88. The molecule has 0 saturated carbocycles. The molecule has 0 nitrogen and oxygen atoms in total. The van der Waals surface area contributed by atoms with Crippen LogP contribution >= 0.6 is 55.1 Å². The Labute approximate surface area is 111 Å². The van der Waals surface area contributed by atoms with Crippen molar-refractivity contribution in [2.45, 2.75) is 11.0 Å². The summed E-state index contributed by atoms with van der Waals surface area (Å²) in [4.78, 5) is -1.75. The van der Waals surface area contributed by atoms with E-state index in [9.17, 15) is 13.2 Å². The number of hydrogen-bond donors (Lipinski definition) is 0. The van der Waals surface area contributed by atoms with Crippen molar-refractivity contribution in [3.05, 3.63) is 32.2 Å². The largest absolute Gasteiger partial charge is 0.405 e. The van der Waals surface area contributed by atoms with Crippen molar-refractivity contribution in [3.63, 3.8) is 0 Å². The number of halogens is 7. The van der Waals surface area contributed by atoms with Crippen molar-refractivity contribution >= 4 is 55.1 Å². The van der Waals surface area contributed by atoms with Crippen molar-refractivity contribution in [3.8, 4) is 0 Å². The first-order valence-corrected chi connectivity index (χ1v) is 6.05. The molecule has 0 aliphatic rings. The van der Waals surface area contributed by atoms with Gasteiger partial charge in [-0.2, -0.15) is 13.2 Å². The summed E-state index contributed by atoms with van der Waals surface area (Å²) in [7, 11) is 0. The fraction of sp³-hybridized carbons (Fsp3) is 0.250. The van der Waals surface area contributed by atoms with Crippen LogP contribution in [0, 0.1) is 0 Å². The molecular formula is C8H3Br2Cl2F3. The Hall–Kier alpha value is 0.550. The van der Waals surface area contributed by atoms with Gasteiger partial charge in [-0.1, -0.05) is 39.1 Å². The van der Waals surface area contributed by atoms with Crippen LogP contribution in [0.2, 0.25) is 10.0 Å². The standard InChI is InChI=1S/C8H3Br2Cl2F3/c9-4-1-3(2-5(11)6(4)12)7(10)8(13,14)15/h1-2,7H. The summed E-state index contributed by atoms with van der Waals surface area (Å²) in [6.45, 7) is 0. The maximum atomic E-state index is 12.4. The maximum absolute atomic E-state index is 12.4. The van der Waals surface area contributed by atoms with Crippen LogP contribution in [0.15, 0.2) is 16.6 Å². The van der Waals surface area contributed by atoms with Gasteiger partial charge in [0, 0.05) is 4.47 Å². The van der Waals surface area contributed by atoms with Crippen molar-refractivity contribution < 1.29 is 13.2 Å². The summed E-state index contributed by atoms with van der Waals surface area (Å²) in [6.07, 6.45) is -4.36. The first-order chi connectivity index (χ1) is 6.73. The van der Waals surface area contributed by atoms with Gasteiger partial charge in [0.05, 0.1) is 10.0 Å². The maximum Gasteiger partial charge on any atom is 0.405 e. The zero-order chi connectivity index (χ0) is 11.8. The molecule has 1 rings (SSSR count). The number of rotatable bonds is 1. The van der Waals surface area contributed by atoms with Crippen LogP contribution < -0.4 is 0 Å². The SMILES string of the molecule is FC(F)(F)C(Br)c1cc(Cl)c(Cl)c(Br)c1. The molecule has 0 aliphatic heterocycles. The quantitative estimate of drug-likeness (QED) is 0.425. The second kappa shape index (κ2) is 4.82. The lowest BCUT2D eigenvalue weighted by atomic mass is 10.1. The molecule has 0 aliphatic carbocycles. The summed E-state index contributed by atoms with van der Waals surface area (Å²) in [5, 5.41) is 0.275. The lowest BCUT2D eigenvalue weighted by molar-refractivity contribution is -0.128. The highest BCUT2D eigenvalue weighted by Gasteiger charge is 2.39. The third-order valence-electron chi connectivity index (χ3n) is 1.59. The minimum atomic E-state index is -4.36. The van der Waals surface area contributed by atoms with Gasteiger partial charge < -0.3 is 0 Å². The van der Waals surface area contributed by atoms with Crippen LogP contribution in [-0.4, -0.2) is 6.18 Å². The van der Waals surface area contributed by atoms with E-state index < -0.39 is 11.0 Å². The van der Waals surface area contributed by atoms with Gasteiger partial charge in [0.1, 0.15) is 4.83 Å². The van der Waals surface area contributed by atoms with Crippen molar-refractivity contribution in [1.29, 1.82) is 0 Å². The summed E-state index contributed by atoms with van der Waals surface area (Å²) >= 11 is 16.9. The highest BCUT2D eigenvalue weighted by Crippen LogP contribution is 2.43. The molecule has 0 saturated heterocycles. The van der Waals surface area contributed by atoms with Crippen LogP contribution in [0.5, 0.6) is 0 Å². The number of hydrogen-bond acceptors (Lipinski definition) is 0. The molecule has 0 aromatic heterocycles. The molecule has 0 bridgehead atoms. The monoisotopic (exact) mass is 384 g/mol. The average molecular weight is 387 g/mol. The van der Waals surface area contributed by atoms with Crippen LogP contribution in [0.3, 0.4) is 0 Å². The van der Waals surface area contributed by atoms with E-state index in [1.807, 2.05) is 0 Å². The second-order valence-corrected chi connectivity index (χ2v) is 5.26. The van der Waals surface area contributed by atoms with E-state index in [-0.39, 0.29) is 15.6 Å². The Balaban J connectivity index is 3.17. The predicted molar refractivity (Wildman–Crippen MR) is 61.9 cm³/mol. The summed E-state index contributed by atoms with van der Waals surface area (Å²) < 4.78 is 37.4. The first kappa shape index (κ1) is 13.6. The van der Waals surface area contributed by atoms with Gasteiger partial charge in [-0.3, -0.25) is 0 Å². The van der Waals surface area contributed by atoms with Crippen LogP contribution in [0.1, 0.15) is 10.4 Å². The molecule has 0 amide bonds. The van der Waals surface area contributed by atoms with E-state index in [1.54, 1.807) is 0 Å². The highest BCUT2D eigenvalue weighted by molar-refractivity contribution is 9.10. The molecule has 84 valence electrons. The van der Waals surface area contributed by atoms with Crippen LogP contribution in [0.4, 0.5) is 13.2 Å². The molecule has 1 aromatic carbocycles. The van der Waals surface area contributed by atoms with E-state index >= 15 is 0 Å². The fourth-order valence-electron chi connectivity index (χ4n) is 0.910. The lowest BCUT2D eigenvalue weighted by Crippen LogP contribution is -2.15. The summed E-state index contributed by atoms with van der Waals surface area (Å²) in [6, 6.07) is 2.46. The molecule has 1 atom stereocenters. The molecule has 1 aromatic rings. The smallest absolute Gasteiger partial charge is 0.169 e. The lowest BCUT2D eigenvalue weighted by Gasteiger charge is -2.15. The molecular weight excluding hydrogens is 384 g/mol. The minimum absolute atomic E-state index is 0.00350. The first-order valence-electron chi connectivity index (χ1n) is 3.58. The summed E-state index contributed by atoms with van der Waals surface area (Å²) in [5.41, 5.74) is 0.00350. The topological polar surface area (TPSA) is 0 Å². The van der Waals surface area contributed by atoms with Crippen LogP contribution in [-0.2, 0) is 0 Å². The van der Waals surface area contributed by atoms with Gasteiger partial charge in [-0.25, -0.2) is 0 Å². The Morgan fingerprint density at radius 2 is 1.73 bits per heavy atom. The van der Waals surface area contributed by atoms with Gasteiger partial charge in [0.15, 0.2) is 0 Å². The molecule has 15 heavy (non-hydrogen) atoms. The highest BCUT2D eigenvalue weighted by atomic mass is 79.9. The molecule has 0 fully saturated rings. The van der Waals surface area contributed by atoms with E-state index in [2.05, 4.69) is 31.9 Å². The molecule has 7 heteroatoms. The summed E-state index contributed by atoms with van der Waals surface area (Å²) in [5.74, 6) is 0. The van der Waals surface area contributed by atoms with Crippen LogP contribution in [0.25, 0.3) is 0 Å². The normalized spacial score (nSPS) is 14.1. The average Bonchev–Trinajstić information content (AvgIpc) is 2.10. The predicted octanol–water partition coefficient (Wildman–Crippen LogP) is 5.75. The van der Waals surface area contributed by atoms with Gasteiger partial charge in [0.25, 0.3) is 0 Å². The Morgan fingerprint density at radius 3 is 2.13 bits per heavy atom. The third-order valence-corrected chi connectivity index (χ3v) is 4.29. The fourth-order valence-corrected chi connectivity index (χ4v) is 2.10. The van der Waals surface area contributed by atoms with E-state index in [1.165, 1.54) is 12.1 Å². The van der Waals surface area contributed by atoms with Crippen molar-refractivity contribution in [1.82, 2.24) is 0 Å². The van der Waals surface area contributed by atoms with Crippen molar-refractivity contribution in [2.75, 3.05) is 0 Å². The Bertz CT molecular complexity index is 356. The molecule has 0 radical (unpaired) electrons. The van der Waals surface area contributed by atoms with E-state index in [0.717, 1.165) is 0 Å². The van der Waals surface area contributed by atoms with Gasteiger partial charge >= 0.3 is 6.18 Å². The molecule has 0 spiro atoms. The zero-order valence-corrected chi connectivity index (χ0v) is 11.6. The molecule has 1 unspecified atom stereocenters. The third kappa shape index (κ3) is 3.25. The Kier molecular flexibility index (Phi) is 4.37. The van der Waals surface area contributed by atoms with Gasteiger partial charge in [-0.15, -0.1) is 0 Å².